The molecule has 0 heterocycles. The summed E-state index contributed by atoms with van der Waals surface area (Å²) in [6.45, 7) is 4.85. The van der Waals surface area contributed by atoms with Gasteiger partial charge >= 0.3 is 12.1 Å². The molecule has 0 saturated carbocycles. The molecule has 5 nitrogen and oxygen atoms in total. The SMILES string of the molecule is CN(C(=O)OC(C)(C)C)C(C(=O)O)c1ccc(F)cc1F. The quantitative estimate of drug-likeness (QED) is 0.932. The summed E-state index contributed by atoms with van der Waals surface area (Å²) < 4.78 is 31.7. The molecule has 0 bridgehead atoms. The van der Waals surface area contributed by atoms with Crippen LogP contribution in [0.3, 0.4) is 0 Å². The molecule has 0 radical (unpaired) electrons. The topological polar surface area (TPSA) is 66.8 Å². The van der Waals surface area contributed by atoms with Crippen LogP contribution in [0.15, 0.2) is 18.2 Å². The van der Waals surface area contributed by atoms with Gasteiger partial charge < -0.3 is 9.84 Å². The summed E-state index contributed by atoms with van der Waals surface area (Å²) in [5.74, 6) is -3.33. The van der Waals surface area contributed by atoms with E-state index in [9.17, 15) is 23.5 Å². The van der Waals surface area contributed by atoms with E-state index in [1.807, 2.05) is 0 Å². The maximum Gasteiger partial charge on any atom is 0.411 e. The Labute approximate surface area is 121 Å². The molecule has 0 aromatic heterocycles. The number of rotatable bonds is 3. The lowest BCUT2D eigenvalue weighted by molar-refractivity contribution is -0.143. The predicted octanol–water partition coefficient (Wildman–Crippen LogP) is 2.96. The average molecular weight is 301 g/mol. The fourth-order valence-electron chi connectivity index (χ4n) is 1.67. The first-order valence-electron chi connectivity index (χ1n) is 6.16. The van der Waals surface area contributed by atoms with E-state index < -0.39 is 35.3 Å². The molecule has 0 saturated heterocycles. The van der Waals surface area contributed by atoms with Crippen LogP contribution < -0.4 is 0 Å². The van der Waals surface area contributed by atoms with Gasteiger partial charge in [0.2, 0.25) is 0 Å². The van der Waals surface area contributed by atoms with Crippen LogP contribution in [0, 0.1) is 11.6 Å². The van der Waals surface area contributed by atoms with E-state index in [1.165, 1.54) is 7.05 Å². The maximum absolute atomic E-state index is 13.7. The number of carboxylic acids is 1. The van der Waals surface area contributed by atoms with Gasteiger partial charge in [0.1, 0.15) is 17.2 Å². The van der Waals surface area contributed by atoms with E-state index in [2.05, 4.69) is 0 Å². The number of carbonyl (C=O) groups excluding carboxylic acids is 1. The van der Waals surface area contributed by atoms with Crippen molar-refractivity contribution >= 4 is 12.1 Å². The summed E-state index contributed by atoms with van der Waals surface area (Å²) >= 11 is 0. The Morgan fingerprint density at radius 3 is 2.29 bits per heavy atom. The maximum atomic E-state index is 13.7. The Bertz CT molecular complexity index is 554. The number of ether oxygens (including phenoxy) is 1. The standard InChI is InChI=1S/C14H17F2NO4/c1-14(2,3)21-13(20)17(4)11(12(18)19)9-6-5-8(15)7-10(9)16/h5-7,11H,1-4H3,(H,18,19). The van der Waals surface area contributed by atoms with Crippen molar-refractivity contribution in [2.45, 2.75) is 32.4 Å². The van der Waals surface area contributed by atoms with Gasteiger partial charge in [-0.1, -0.05) is 6.07 Å². The summed E-state index contributed by atoms with van der Waals surface area (Å²) in [4.78, 5) is 24.0. The molecule has 0 aliphatic carbocycles. The minimum atomic E-state index is -1.61. The Morgan fingerprint density at radius 2 is 1.86 bits per heavy atom. The molecule has 1 aromatic rings. The van der Waals surface area contributed by atoms with Crippen LogP contribution in [0.5, 0.6) is 0 Å². The van der Waals surface area contributed by atoms with Gasteiger partial charge in [-0.2, -0.15) is 0 Å². The molecular formula is C14H17F2NO4. The van der Waals surface area contributed by atoms with E-state index in [1.54, 1.807) is 20.8 Å². The zero-order valence-corrected chi connectivity index (χ0v) is 12.2. The van der Waals surface area contributed by atoms with Crippen molar-refractivity contribution in [3.05, 3.63) is 35.4 Å². The second kappa shape index (κ2) is 6.07. The van der Waals surface area contributed by atoms with Gasteiger partial charge in [0, 0.05) is 18.7 Å². The van der Waals surface area contributed by atoms with Crippen molar-refractivity contribution in [1.29, 1.82) is 0 Å². The predicted molar refractivity (Wildman–Crippen MR) is 70.7 cm³/mol. The highest BCUT2D eigenvalue weighted by molar-refractivity contribution is 5.81. The molecular weight excluding hydrogens is 284 g/mol. The van der Waals surface area contributed by atoms with Crippen molar-refractivity contribution in [1.82, 2.24) is 4.90 Å². The van der Waals surface area contributed by atoms with E-state index in [-0.39, 0.29) is 5.56 Å². The Hall–Kier alpha value is -2.18. The van der Waals surface area contributed by atoms with Crippen molar-refractivity contribution in [2.75, 3.05) is 7.05 Å². The summed E-state index contributed by atoms with van der Waals surface area (Å²) in [6, 6.07) is 0.871. The van der Waals surface area contributed by atoms with Crippen molar-refractivity contribution in [3.8, 4) is 0 Å². The number of hydrogen-bond donors (Lipinski definition) is 1. The third-order valence-corrected chi connectivity index (χ3v) is 2.56. The lowest BCUT2D eigenvalue weighted by Gasteiger charge is -2.28. The van der Waals surface area contributed by atoms with Crippen LogP contribution in [-0.2, 0) is 9.53 Å². The molecule has 1 unspecified atom stereocenters. The average Bonchev–Trinajstić information content (AvgIpc) is 2.29. The molecule has 1 N–H and O–H groups in total. The summed E-state index contributed by atoms with van der Waals surface area (Å²) in [5, 5.41) is 9.23. The van der Waals surface area contributed by atoms with Gasteiger partial charge in [0.05, 0.1) is 0 Å². The normalized spacial score (nSPS) is 12.7. The zero-order valence-electron chi connectivity index (χ0n) is 12.2. The molecule has 1 amide bonds. The first-order chi connectivity index (χ1) is 9.53. The number of nitrogens with zero attached hydrogens (tertiary/aromatic N) is 1. The molecule has 0 aliphatic rings. The Kier molecular flexibility index (Phi) is 4.88. The molecule has 1 atom stereocenters. The highest BCUT2D eigenvalue weighted by atomic mass is 19.1. The van der Waals surface area contributed by atoms with Crippen LogP contribution >= 0.6 is 0 Å². The third-order valence-electron chi connectivity index (χ3n) is 2.56. The highest BCUT2D eigenvalue weighted by Gasteiger charge is 2.33. The Morgan fingerprint density at radius 1 is 1.29 bits per heavy atom. The smallest absolute Gasteiger partial charge is 0.411 e. The molecule has 7 heteroatoms. The van der Waals surface area contributed by atoms with Crippen LogP contribution in [0.2, 0.25) is 0 Å². The minimum absolute atomic E-state index is 0.322. The van der Waals surface area contributed by atoms with Crippen molar-refractivity contribution in [2.24, 2.45) is 0 Å². The minimum Gasteiger partial charge on any atom is -0.479 e. The number of hydrogen-bond acceptors (Lipinski definition) is 3. The van der Waals surface area contributed by atoms with Crippen molar-refractivity contribution < 1.29 is 28.2 Å². The Balaban J connectivity index is 3.12. The van der Waals surface area contributed by atoms with E-state index >= 15 is 0 Å². The largest absolute Gasteiger partial charge is 0.479 e. The summed E-state index contributed by atoms with van der Waals surface area (Å²) in [6.07, 6.45) is -0.918. The number of carbonyl (C=O) groups is 2. The van der Waals surface area contributed by atoms with Gasteiger partial charge in [-0.15, -0.1) is 0 Å². The molecule has 0 fully saturated rings. The number of likely N-dealkylation sites (N-methyl/N-ethyl adjacent to an activating group) is 1. The molecule has 1 rings (SSSR count). The van der Waals surface area contributed by atoms with Gasteiger partial charge in [-0.3, -0.25) is 4.90 Å². The van der Waals surface area contributed by atoms with Crippen molar-refractivity contribution in [3.63, 3.8) is 0 Å². The van der Waals surface area contributed by atoms with Crippen LogP contribution in [0.25, 0.3) is 0 Å². The number of carboxylic acid groups (broad SMARTS) is 1. The van der Waals surface area contributed by atoms with Gasteiger partial charge in [-0.25, -0.2) is 18.4 Å². The van der Waals surface area contributed by atoms with E-state index in [4.69, 9.17) is 4.74 Å². The molecule has 116 valence electrons. The first-order valence-corrected chi connectivity index (χ1v) is 6.16. The van der Waals surface area contributed by atoms with E-state index in [0.717, 1.165) is 17.0 Å². The van der Waals surface area contributed by atoms with E-state index in [0.29, 0.717) is 6.07 Å². The van der Waals surface area contributed by atoms with Gasteiger partial charge in [-0.05, 0) is 26.8 Å². The third kappa shape index (κ3) is 4.40. The fraction of sp³-hybridized carbons (Fsp3) is 0.429. The molecule has 0 spiro atoms. The second-order valence-electron chi connectivity index (χ2n) is 5.50. The lowest BCUT2D eigenvalue weighted by atomic mass is 10.1. The van der Waals surface area contributed by atoms with Crippen LogP contribution in [0.4, 0.5) is 13.6 Å². The summed E-state index contributed by atoms with van der Waals surface area (Å²) in [5.41, 5.74) is -1.15. The van der Waals surface area contributed by atoms with Gasteiger partial charge in [0.15, 0.2) is 6.04 Å². The number of aliphatic carboxylic acids is 1. The van der Waals surface area contributed by atoms with Crippen LogP contribution in [-0.4, -0.2) is 34.7 Å². The first kappa shape index (κ1) is 16.9. The highest BCUT2D eigenvalue weighted by Crippen LogP contribution is 2.25. The second-order valence-corrected chi connectivity index (χ2v) is 5.50. The molecule has 0 aliphatic heterocycles. The van der Waals surface area contributed by atoms with Crippen LogP contribution in [0.1, 0.15) is 32.4 Å². The fourth-order valence-corrected chi connectivity index (χ4v) is 1.67. The molecule has 1 aromatic carbocycles. The number of benzene rings is 1. The van der Waals surface area contributed by atoms with Gasteiger partial charge in [0.25, 0.3) is 0 Å². The molecule has 21 heavy (non-hydrogen) atoms. The zero-order chi connectivity index (χ0) is 16.4. The lowest BCUT2D eigenvalue weighted by Crippen LogP contribution is -2.40. The summed E-state index contributed by atoms with van der Waals surface area (Å²) in [7, 11) is 1.18. The monoisotopic (exact) mass is 301 g/mol. The number of amides is 1. The number of halogens is 2.